The predicted octanol–water partition coefficient (Wildman–Crippen LogP) is 3.28. The maximum Gasteiger partial charge on any atom is 0.410 e. The van der Waals surface area contributed by atoms with Gasteiger partial charge in [0.25, 0.3) is 5.91 Å². The number of hydrogen-bond acceptors (Lipinski definition) is 4. The third kappa shape index (κ3) is 3.67. The number of para-hydroxylation sites is 1. The van der Waals surface area contributed by atoms with Crippen LogP contribution >= 0.6 is 0 Å². The maximum atomic E-state index is 12.5. The van der Waals surface area contributed by atoms with Gasteiger partial charge in [-0.15, -0.1) is 6.42 Å². The first-order valence-corrected chi connectivity index (χ1v) is 8.57. The number of nitrogens with zero attached hydrogens (tertiary/aromatic N) is 1. The van der Waals surface area contributed by atoms with Gasteiger partial charge in [0.2, 0.25) is 0 Å². The van der Waals surface area contributed by atoms with E-state index in [1.807, 2.05) is 20.8 Å². The second-order valence-electron chi connectivity index (χ2n) is 7.28. The number of terminal acetylenes is 1. The molecule has 1 aromatic rings. The standard InChI is InChI=1S/C20H22N2O4/c1-5-13-7-6-8-15-16(13)21-18(23)17(25-15)14-9-11-22(12-10-14)19(24)26-20(2,3)4/h1,6-8H,9-12H2,2-4H3,(H,21,23). The molecule has 0 spiro atoms. The van der Waals surface area contributed by atoms with Crippen LogP contribution in [0.15, 0.2) is 29.5 Å². The number of ether oxygens (including phenoxy) is 2. The molecular weight excluding hydrogens is 332 g/mol. The van der Waals surface area contributed by atoms with Crippen molar-refractivity contribution in [3.63, 3.8) is 0 Å². The van der Waals surface area contributed by atoms with Crippen LogP contribution in [0.1, 0.15) is 39.2 Å². The fraction of sp³-hybridized carbons (Fsp3) is 0.400. The Morgan fingerprint density at radius 1 is 1.31 bits per heavy atom. The van der Waals surface area contributed by atoms with Crippen molar-refractivity contribution in [3.8, 4) is 18.1 Å². The van der Waals surface area contributed by atoms with Gasteiger partial charge in [0, 0.05) is 13.1 Å². The zero-order valence-corrected chi connectivity index (χ0v) is 15.2. The molecular formula is C20H22N2O4. The number of anilines is 1. The molecule has 2 heterocycles. The molecule has 26 heavy (non-hydrogen) atoms. The van der Waals surface area contributed by atoms with E-state index >= 15 is 0 Å². The average molecular weight is 354 g/mol. The van der Waals surface area contributed by atoms with Crippen LogP contribution in [-0.4, -0.2) is 35.6 Å². The number of likely N-dealkylation sites (tertiary alicyclic amines) is 1. The monoisotopic (exact) mass is 354 g/mol. The van der Waals surface area contributed by atoms with E-state index < -0.39 is 5.60 Å². The molecule has 6 heteroatoms. The van der Waals surface area contributed by atoms with Gasteiger partial charge in [0.15, 0.2) is 11.5 Å². The molecule has 1 aromatic carbocycles. The van der Waals surface area contributed by atoms with Crippen LogP contribution in [0.25, 0.3) is 0 Å². The Morgan fingerprint density at radius 2 is 2.00 bits per heavy atom. The summed E-state index contributed by atoms with van der Waals surface area (Å²) in [5, 5.41) is 2.82. The van der Waals surface area contributed by atoms with E-state index in [1.165, 1.54) is 0 Å². The lowest BCUT2D eigenvalue weighted by molar-refractivity contribution is -0.115. The zero-order chi connectivity index (χ0) is 18.9. The van der Waals surface area contributed by atoms with Gasteiger partial charge in [0.1, 0.15) is 11.3 Å². The minimum atomic E-state index is -0.527. The molecule has 6 nitrogen and oxygen atoms in total. The number of benzene rings is 1. The number of rotatable bonds is 0. The van der Waals surface area contributed by atoms with E-state index in [-0.39, 0.29) is 12.0 Å². The molecule has 2 aliphatic rings. The third-order valence-electron chi connectivity index (χ3n) is 4.18. The molecule has 0 atom stereocenters. The summed E-state index contributed by atoms with van der Waals surface area (Å²) in [7, 11) is 0. The Morgan fingerprint density at radius 3 is 2.62 bits per heavy atom. The van der Waals surface area contributed by atoms with Crippen molar-refractivity contribution < 1.29 is 19.1 Å². The molecule has 1 N–H and O–H groups in total. The van der Waals surface area contributed by atoms with Gasteiger partial charge in [-0.05, 0) is 51.3 Å². The Bertz CT molecular complexity index is 817. The molecule has 3 rings (SSSR count). The number of nitrogens with one attached hydrogen (secondary N) is 1. The third-order valence-corrected chi connectivity index (χ3v) is 4.18. The van der Waals surface area contributed by atoms with Crippen molar-refractivity contribution in [2.75, 3.05) is 18.4 Å². The first-order chi connectivity index (χ1) is 12.3. The van der Waals surface area contributed by atoms with Crippen molar-refractivity contribution in [1.29, 1.82) is 0 Å². The van der Waals surface area contributed by atoms with Crippen LogP contribution in [0.4, 0.5) is 10.5 Å². The van der Waals surface area contributed by atoms with Gasteiger partial charge in [-0.3, -0.25) is 4.79 Å². The van der Waals surface area contributed by atoms with Gasteiger partial charge >= 0.3 is 6.09 Å². The number of amides is 2. The molecule has 1 fully saturated rings. The van der Waals surface area contributed by atoms with Crippen molar-refractivity contribution in [2.24, 2.45) is 0 Å². The highest BCUT2D eigenvalue weighted by Gasteiger charge is 2.30. The van der Waals surface area contributed by atoms with Crippen molar-refractivity contribution in [2.45, 2.75) is 39.2 Å². The fourth-order valence-corrected chi connectivity index (χ4v) is 2.94. The highest BCUT2D eigenvalue weighted by molar-refractivity contribution is 6.07. The van der Waals surface area contributed by atoms with Gasteiger partial charge in [-0.2, -0.15) is 0 Å². The van der Waals surface area contributed by atoms with E-state index in [0.717, 1.165) is 5.57 Å². The van der Waals surface area contributed by atoms with Crippen molar-refractivity contribution >= 4 is 17.7 Å². The lowest BCUT2D eigenvalue weighted by Gasteiger charge is -2.32. The smallest absolute Gasteiger partial charge is 0.410 e. The molecule has 0 saturated carbocycles. The molecule has 0 aromatic heterocycles. The predicted molar refractivity (Wildman–Crippen MR) is 97.7 cm³/mol. The summed E-state index contributed by atoms with van der Waals surface area (Å²) in [5.74, 6) is 3.07. The molecule has 0 bridgehead atoms. The quantitative estimate of drug-likeness (QED) is 0.573. The fourth-order valence-electron chi connectivity index (χ4n) is 2.94. The second-order valence-corrected chi connectivity index (χ2v) is 7.28. The van der Waals surface area contributed by atoms with Crippen LogP contribution in [0.3, 0.4) is 0 Å². The van der Waals surface area contributed by atoms with E-state index in [1.54, 1.807) is 23.1 Å². The van der Waals surface area contributed by atoms with Crippen LogP contribution in [0.5, 0.6) is 5.75 Å². The highest BCUT2D eigenvalue weighted by Crippen LogP contribution is 2.35. The molecule has 2 amide bonds. The molecule has 136 valence electrons. The van der Waals surface area contributed by atoms with Crippen LogP contribution in [0.2, 0.25) is 0 Å². The molecule has 0 unspecified atom stereocenters. The van der Waals surface area contributed by atoms with Crippen LogP contribution < -0.4 is 10.1 Å². The van der Waals surface area contributed by atoms with Gasteiger partial charge in [-0.1, -0.05) is 12.0 Å². The Balaban J connectivity index is 1.74. The normalized spacial score (nSPS) is 17.0. The summed E-state index contributed by atoms with van der Waals surface area (Å²) in [4.78, 5) is 26.3. The van der Waals surface area contributed by atoms with Crippen molar-refractivity contribution in [1.82, 2.24) is 4.90 Å². The first kappa shape index (κ1) is 17.9. The molecule has 0 aliphatic carbocycles. The average Bonchev–Trinajstić information content (AvgIpc) is 2.59. The van der Waals surface area contributed by atoms with E-state index in [4.69, 9.17) is 15.9 Å². The summed E-state index contributed by atoms with van der Waals surface area (Å²) in [6.07, 6.45) is 6.26. The topological polar surface area (TPSA) is 67.9 Å². The van der Waals surface area contributed by atoms with Crippen LogP contribution in [-0.2, 0) is 9.53 Å². The number of hydrogen-bond donors (Lipinski definition) is 1. The first-order valence-electron chi connectivity index (χ1n) is 8.57. The zero-order valence-electron chi connectivity index (χ0n) is 15.2. The van der Waals surface area contributed by atoms with Gasteiger partial charge in [0.05, 0.1) is 5.56 Å². The summed E-state index contributed by atoms with van der Waals surface area (Å²) in [5.41, 5.74) is 1.47. The Labute approximate surface area is 153 Å². The number of carbonyl (C=O) groups excluding carboxylic acids is 2. The van der Waals surface area contributed by atoms with E-state index in [9.17, 15) is 9.59 Å². The molecule has 2 aliphatic heterocycles. The maximum absolute atomic E-state index is 12.5. The van der Waals surface area contributed by atoms with Crippen LogP contribution in [0, 0.1) is 12.3 Å². The van der Waals surface area contributed by atoms with E-state index in [0.29, 0.717) is 48.7 Å². The minimum absolute atomic E-state index is 0.301. The number of carbonyl (C=O) groups is 2. The summed E-state index contributed by atoms with van der Waals surface area (Å²) >= 11 is 0. The minimum Gasteiger partial charge on any atom is -0.449 e. The van der Waals surface area contributed by atoms with Crippen molar-refractivity contribution in [3.05, 3.63) is 35.1 Å². The molecule has 1 saturated heterocycles. The summed E-state index contributed by atoms with van der Waals surface area (Å²) in [6.45, 7) is 6.49. The number of piperidine rings is 1. The number of fused-ring (bicyclic) bond motifs is 1. The lowest BCUT2D eigenvalue weighted by Crippen LogP contribution is -2.41. The van der Waals surface area contributed by atoms with E-state index in [2.05, 4.69) is 11.2 Å². The summed E-state index contributed by atoms with van der Waals surface area (Å²) < 4.78 is 11.2. The molecule has 0 radical (unpaired) electrons. The largest absolute Gasteiger partial charge is 0.449 e. The lowest BCUT2D eigenvalue weighted by atomic mass is 10.0. The van der Waals surface area contributed by atoms with Gasteiger partial charge < -0.3 is 19.7 Å². The Kier molecular flexibility index (Phi) is 4.64. The van der Waals surface area contributed by atoms with Gasteiger partial charge in [-0.25, -0.2) is 4.79 Å². The SMILES string of the molecule is C#Cc1cccc2c1NC(=O)C(=C1CCN(C(=O)OC(C)(C)C)CC1)O2. The highest BCUT2D eigenvalue weighted by atomic mass is 16.6. The Hall–Kier alpha value is -2.94. The summed E-state index contributed by atoms with van der Waals surface area (Å²) in [6, 6.07) is 5.31. The second kappa shape index (κ2) is 6.75.